The van der Waals surface area contributed by atoms with Gasteiger partial charge in [0.2, 0.25) is 0 Å². The molecule has 174 valence electrons. The summed E-state index contributed by atoms with van der Waals surface area (Å²) in [5.41, 5.74) is 2.64. The molecular weight excluding hydrogens is 487 g/mol. The highest BCUT2D eigenvalue weighted by Gasteiger charge is 2.16. The number of nitrogens with zero attached hydrogens (tertiary/aromatic N) is 2. The van der Waals surface area contributed by atoms with Crippen LogP contribution in [-0.4, -0.2) is 35.2 Å². The van der Waals surface area contributed by atoms with E-state index in [0.717, 1.165) is 12.3 Å². The molecule has 2 amide bonds. The molecular formula is C22H16Cl2N4O6. The third kappa shape index (κ3) is 5.61. The molecule has 0 atom stereocenters. The molecule has 0 unspecified atom stereocenters. The van der Waals surface area contributed by atoms with Gasteiger partial charge in [0, 0.05) is 35.0 Å². The number of carbonyl (C=O) groups excluding carboxylic acids is 2. The van der Waals surface area contributed by atoms with E-state index in [1.54, 1.807) is 6.07 Å². The Hall–Kier alpha value is -4.15. The molecule has 0 aromatic heterocycles. The van der Waals surface area contributed by atoms with Crippen LogP contribution in [0.2, 0.25) is 10.0 Å². The molecule has 0 radical (unpaired) electrons. The molecule has 3 N–H and O–H groups in total. The maximum Gasteiger partial charge on any atom is 0.271 e. The van der Waals surface area contributed by atoms with Crippen molar-refractivity contribution in [3.63, 3.8) is 0 Å². The fourth-order valence-corrected chi connectivity index (χ4v) is 3.20. The first kappa shape index (κ1) is 24.5. The lowest BCUT2D eigenvalue weighted by atomic mass is 10.1. The van der Waals surface area contributed by atoms with E-state index >= 15 is 0 Å². The molecule has 0 fully saturated rings. The van der Waals surface area contributed by atoms with Gasteiger partial charge in [0.05, 0.1) is 33.9 Å². The Labute approximate surface area is 202 Å². The monoisotopic (exact) mass is 502 g/mol. The van der Waals surface area contributed by atoms with Gasteiger partial charge in [0.1, 0.15) is 0 Å². The van der Waals surface area contributed by atoms with Gasteiger partial charge in [-0.15, -0.1) is 0 Å². The number of rotatable bonds is 7. The van der Waals surface area contributed by atoms with Crippen molar-refractivity contribution < 1.29 is 24.4 Å². The fourth-order valence-electron chi connectivity index (χ4n) is 2.81. The summed E-state index contributed by atoms with van der Waals surface area (Å²) in [6.45, 7) is 0. The van der Waals surface area contributed by atoms with Crippen LogP contribution in [-0.2, 0) is 0 Å². The van der Waals surface area contributed by atoms with Crippen LogP contribution in [0.5, 0.6) is 11.5 Å². The minimum absolute atomic E-state index is 0.0174. The van der Waals surface area contributed by atoms with Crippen LogP contribution in [0, 0.1) is 10.1 Å². The zero-order valence-electron chi connectivity index (χ0n) is 17.4. The molecule has 0 saturated carbocycles. The molecule has 0 aliphatic rings. The van der Waals surface area contributed by atoms with Gasteiger partial charge in [-0.3, -0.25) is 19.7 Å². The lowest BCUT2D eigenvalue weighted by molar-refractivity contribution is -0.384. The Morgan fingerprint density at radius 1 is 1.09 bits per heavy atom. The molecule has 10 nitrogen and oxygen atoms in total. The van der Waals surface area contributed by atoms with Crippen molar-refractivity contribution in [3.05, 3.63) is 91.4 Å². The largest absolute Gasteiger partial charge is 0.504 e. The number of amides is 2. The molecule has 0 spiro atoms. The van der Waals surface area contributed by atoms with Gasteiger partial charge in [0.15, 0.2) is 11.5 Å². The van der Waals surface area contributed by atoms with Crippen molar-refractivity contribution in [2.24, 2.45) is 5.10 Å². The summed E-state index contributed by atoms with van der Waals surface area (Å²) in [4.78, 5) is 35.2. The third-order valence-electron chi connectivity index (χ3n) is 4.47. The first-order valence-corrected chi connectivity index (χ1v) is 10.2. The number of non-ortho nitro benzene ring substituents is 1. The molecule has 0 aliphatic heterocycles. The SMILES string of the molecule is COc1cc(Cl)c(Cl)c(/C=N\NC(=O)c2cccc(NC(=O)c3cccc([N+](=O)[O-])c3)c2)c1O. The standard InChI is InChI=1S/C22H16Cl2N4O6/c1-34-18-10-17(23)19(24)16(20(18)29)11-25-27-22(31)12-4-2-6-14(8-12)26-21(30)13-5-3-7-15(9-13)28(32)33/h2-11,29H,1H3,(H,26,30)(H,27,31)/b25-11-. The van der Waals surface area contributed by atoms with Gasteiger partial charge < -0.3 is 15.2 Å². The van der Waals surface area contributed by atoms with Crippen LogP contribution in [0.1, 0.15) is 26.3 Å². The van der Waals surface area contributed by atoms with E-state index in [1.165, 1.54) is 49.6 Å². The normalized spacial score (nSPS) is 10.7. The Kier molecular flexibility index (Phi) is 7.67. The second kappa shape index (κ2) is 10.6. The van der Waals surface area contributed by atoms with Crippen molar-refractivity contribution in [3.8, 4) is 11.5 Å². The highest BCUT2D eigenvalue weighted by atomic mass is 35.5. The van der Waals surface area contributed by atoms with Crippen LogP contribution < -0.4 is 15.5 Å². The first-order chi connectivity index (χ1) is 16.2. The van der Waals surface area contributed by atoms with Crippen molar-refractivity contribution in [2.75, 3.05) is 12.4 Å². The molecule has 3 rings (SSSR count). The number of anilines is 1. The van der Waals surface area contributed by atoms with Crippen LogP contribution >= 0.6 is 23.2 Å². The summed E-state index contributed by atoms with van der Waals surface area (Å²) in [5.74, 6) is -1.43. The predicted octanol–water partition coefficient (Wildman–Crippen LogP) is 4.63. The van der Waals surface area contributed by atoms with Crippen LogP contribution in [0.4, 0.5) is 11.4 Å². The number of nitrogens with one attached hydrogen (secondary N) is 2. The van der Waals surface area contributed by atoms with E-state index in [4.69, 9.17) is 27.9 Å². The fraction of sp³-hybridized carbons (Fsp3) is 0.0455. The van der Waals surface area contributed by atoms with E-state index in [1.807, 2.05) is 0 Å². The highest BCUT2D eigenvalue weighted by molar-refractivity contribution is 6.43. The number of nitro groups is 1. The molecule has 3 aromatic carbocycles. The second-order valence-corrected chi connectivity index (χ2v) is 7.46. The number of aromatic hydroxyl groups is 1. The number of methoxy groups -OCH3 is 1. The Morgan fingerprint density at radius 3 is 2.44 bits per heavy atom. The summed E-state index contributed by atoms with van der Waals surface area (Å²) in [6.07, 6.45) is 1.11. The predicted molar refractivity (Wildman–Crippen MR) is 127 cm³/mol. The van der Waals surface area contributed by atoms with Gasteiger partial charge >= 0.3 is 0 Å². The number of carbonyl (C=O) groups is 2. The van der Waals surface area contributed by atoms with Crippen LogP contribution in [0.25, 0.3) is 0 Å². The summed E-state index contributed by atoms with van der Waals surface area (Å²) in [6, 6.07) is 12.5. The highest BCUT2D eigenvalue weighted by Crippen LogP contribution is 2.39. The molecule has 0 saturated heterocycles. The van der Waals surface area contributed by atoms with E-state index in [0.29, 0.717) is 0 Å². The minimum atomic E-state index is -0.618. The summed E-state index contributed by atoms with van der Waals surface area (Å²) in [5, 5.41) is 27.6. The average Bonchev–Trinajstić information content (AvgIpc) is 2.83. The zero-order chi connectivity index (χ0) is 24.8. The number of ether oxygens (including phenoxy) is 1. The number of hydrazone groups is 1. The number of halogens is 2. The topological polar surface area (TPSA) is 143 Å². The van der Waals surface area contributed by atoms with Gasteiger partial charge in [-0.05, 0) is 24.3 Å². The Bertz CT molecular complexity index is 1310. The maximum atomic E-state index is 12.5. The summed E-state index contributed by atoms with van der Waals surface area (Å²) >= 11 is 12.1. The van der Waals surface area contributed by atoms with Gasteiger partial charge in [-0.2, -0.15) is 5.10 Å². The summed E-state index contributed by atoms with van der Waals surface area (Å²) < 4.78 is 5.00. The van der Waals surface area contributed by atoms with E-state index in [9.17, 15) is 24.8 Å². The lowest BCUT2D eigenvalue weighted by Crippen LogP contribution is -2.18. The Balaban J connectivity index is 1.72. The number of hydrogen-bond acceptors (Lipinski definition) is 7. The molecule has 0 heterocycles. The van der Waals surface area contributed by atoms with Gasteiger partial charge in [-0.25, -0.2) is 5.43 Å². The van der Waals surface area contributed by atoms with Crippen LogP contribution in [0.15, 0.2) is 59.7 Å². The van der Waals surface area contributed by atoms with Crippen molar-refractivity contribution in [1.29, 1.82) is 0 Å². The van der Waals surface area contributed by atoms with Crippen molar-refractivity contribution in [1.82, 2.24) is 5.43 Å². The zero-order valence-corrected chi connectivity index (χ0v) is 18.9. The molecule has 0 bridgehead atoms. The maximum absolute atomic E-state index is 12.5. The quantitative estimate of drug-likeness (QED) is 0.244. The minimum Gasteiger partial charge on any atom is -0.504 e. The molecule has 3 aromatic rings. The second-order valence-electron chi connectivity index (χ2n) is 6.68. The van der Waals surface area contributed by atoms with Crippen molar-refractivity contribution >= 4 is 52.6 Å². The molecule has 34 heavy (non-hydrogen) atoms. The number of nitro benzene ring substituents is 1. The number of hydrogen-bond donors (Lipinski definition) is 3. The molecule has 0 aliphatic carbocycles. The Morgan fingerprint density at radius 2 is 1.76 bits per heavy atom. The van der Waals surface area contributed by atoms with Gasteiger partial charge in [0.25, 0.3) is 17.5 Å². The summed E-state index contributed by atoms with van der Waals surface area (Å²) in [7, 11) is 1.34. The number of phenolic OH excluding ortho intramolecular Hbond substituents is 1. The lowest BCUT2D eigenvalue weighted by Gasteiger charge is -2.09. The van der Waals surface area contributed by atoms with Crippen LogP contribution in [0.3, 0.4) is 0 Å². The van der Waals surface area contributed by atoms with Crippen molar-refractivity contribution in [2.45, 2.75) is 0 Å². The smallest absolute Gasteiger partial charge is 0.271 e. The number of phenols is 1. The van der Waals surface area contributed by atoms with Gasteiger partial charge in [-0.1, -0.05) is 35.3 Å². The number of benzene rings is 3. The molecule has 12 heteroatoms. The van der Waals surface area contributed by atoms with E-state index in [-0.39, 0.29) is 49.6 Å². The van der Waals surface area contributed by atoms with E-state index < -0.39 is 16.7 Å². The first-order valence-electron chi connectivity index (χ1n) is 9.45. The third-order valence-corrected chi connectivity index (χ3v) is 5.28. The average molecular weight is 503 g/mol. The van der Waals surface area contributed by atoms with E-state index in [2.05, 4.69) is 15.8 Å².